The van der Waals surface area contributed by atoms with E-state index in [0.717, 1.165) is 0 Å². The number of aromatic nitrogens is 1. The normalized spacial score (nSPS) is 19.9. The monoisotopic (exact) mass is 591 g/mol. The van der Waals surface area contributed by atoms with Crippen molar-refractivity contribution in [2.24, 2.45) is 27.6 Å². The van der Waals surface area contributed by atoms with Gasteiger partial charge in [-0.3, -0.25) is 19.4 Å². The molecule has 1 saturated heterocycles. The van der Waals surface area contributed by atoms with Crippen LogP contribution in [0.4, 0.5) is 17.6 Å². The van der Waals surface area contributed by atoms with Gasteiger partial charge in [0.2, 0.25) is 11.8 Å². The lowest BCUT2D eigenvalue weighted by molar-refractivity contribution is -0.164. The molecular weight excluding hydrogens is 558 g/mol. The van der Waals surface area contributed by atoms with Crippen molar-refractivity contribution in [1.82, 2.24) is 14.9 Å². The molecule has 0 unspecified atom stereocenters. The van der Waals surface area contributed by atoms with E-state index in [2.05, 4.69) is 10.1 Å². The smallest absolute Gasteiger partial charge is 0.392 e. The SMILES string of the molecule is CC(C)(C(N)=O)[C@@H](CCc1ccc(CO)c(F)c1)C(=O)N1CCC2=NN(CC(F)(F)F)C(=O)[C@]2(Cc2ccccn2)C1. The number of aliphatic hydroxyl groups excluding tert-OH is 1. The molecular formula is C29H33F4N5O4. The molecule has 42 heavy (non-hydrogen) atoms. The molecule has 0 saturated carbocycles. The van der Waals surface area contributed by atoms with Gasteiger partial charge in [0.1, 0.15) is 17.8 Å². The number of aryl methyl sites for hydroxylation is 1. The lowest BCUT2D eigenvalue weighted by Crippen LogP contribution is -2.58. The van der Waals surface area contributed by atoms with Crippen molar-refractivity contribution < 1.29 is 37.1 Å². The second-order valence-electron chi connectivity index (χ2n) is 11.4. The molecule has 0 aliphatic carbocycles. The summed E-state index contributed by atoms with van der Waals surface area (Å²) < 4.78 is 54.2. The van der Waals surface area contributed by atoms with E-state index in [1.807, 2.05) is 0 Å². The van der Waals surface area contributed by atoms with Gasteiger partial charge in [-0.1, -0.05) is 32.0 Å². The second kappa shape index (κ2) is 11.8. The van der Waals surface area contributed by atoms with Crippen molar-refractivity contribution in [1.29, 1.82) is 0 Å². The van der Waals surface area contributed by atoms with Crippen LogP contribution in [-0.2, 0) is 33.8 Å². The number of carbonyl (C=O) groups excluding carboxylic acids is 3. The van der Waals surface area contributed by atoms with Gasteiger partial charge in [-0.2, -0.15) is 18.3 Å². The zero-order valence-corrected chi connectivity index (χ0v) is 23.3. The molecule has 13 heteroatoms. The molecule has 2 atom stereocenters. The molecule has 3 amide bonds. The second-order valence-corrected chi connectivity index (χ2v) is 11.4. The summed E-state index contributed by atoms with van der Waals surface area (Å²) in [5.74, 6) is -3.69. The van der Waals surface area contributed by atoms with Crippen molar-refractivity contribution in [3.63, 3.8) is 0 Å². The van der Waals surface area contributed by atoms with E-state index in [9.17, 15) is 37.1 Å². The van der Waals surface area contributed by atoms with Crippen LogP contribution in [0, 0.1) is 22.6 Å². The highest BCUT2D eigenvalue weighted by Gasteiger charge is 2.57. The van der Waals surface area contributed by atoms with Crippen molar-refractivity contribution in [3.05, 3.63) is 65.2 Å². The van der Waals surface area contributed by atoms with Crippen LogP contribution in [0.1, 0.15) is 43.5 Å². The average Bonchev–Trinajstić information content (AvgIpc) is 3.18. The number of rotatable bonds is 10. The standard InChI is InChI=1S/C29H33F4N5O4/c1-27(2,25(34)41)21(9-7-18-6-8-19(15-39)22(30)13-18)24(40)37-12-10-23-28(16-37,14-20-5-3-4-11-35-20)26(42)38(36-23)17-29(31,32)33/h3-6,8,11,13,21,39H,7,9-10,12,14-17H2,1-2H3,(H2,34,41)/t21-,28+/m0/s1. The van der Waals surface area contributed by atoms with Gasteiger partial charge in [-0.15, -0.1) is 0 Å². The van der Waals surface area contributed by atoms with Crippen LogP contribution in [0.2, 0.25) is 0 Å². The number of primary amides is 1. The van der Waals surface area contributed by atoms with Gasteiger partial charge in [0.25, 0.3) is 5.91 Å². The van der Waals surface area contributed by atoms with Crippen LogP contribution in [0.25, 0.3) is 0 Å². The number of halogens is 4. The van der Waals surface area contributed by atoms with E-state index in [0.29, 0.717) is 16.3 Å². The Morgan fingerprint density at radius 2 is 1.93 bits per heavy atom. The van der Waals surface area contributed by atoms with Crippen molar-refractivity contribution in [2.75, 3.05) is 19.6 Å². The van der Waals surface area contributed by atoms with E-state index >= 15 is 0 Å². The number of hydrazone groups is 1. The molecule has 0 bridgehead atoms. The number of alkyl halides is 3. The minimum Gasteiger partial charge on any atom is -0.392 e. The number of hydrogen-bond acceptors (Lipinski definition) is 6. The molecule has 1 aromatic carbocycles. The van der Waals surface area contributed by atoms with Crippen LogP contribution in [0.15, 0.2) is 47.7 Å². The molecule has 3 heterocycles. The minimum atomic E-state index is -4.68. The Labute approximate surface area is 240 Å². The Balaban J connectivity index is 1.64. The van der Waals surface area contributed by atoms with Gasteiger partial charge >= 0.3 is 6.18 Å². The van der Waals surface area contributed by atoms with Gasteiger partial charge in [0.15, 0.2) is 0 Å². The first-order valence-corrected chi connectivity index (χ1v) is 13.5. The number of amides is 3. The number of aliphatic hydroxyl groups is 1. The highest BCUT2D eigenvalue weighted by Crippen LogP contribution is 2.41. The Morgan fingerprint density at radius 1 is 1.19 bits per heavy atom. The topological polar surface area (TPSA) is 129 Å². The Hall–Kier alpha value is -3.87. The van der Waals surface area contributed by atoms with Crippen LogP contribution < -0.4 is 5.73 Å². The largest absolute Gasteiger partial charge is 0.408 e. The van der Waals surface area contributed by atoms with Crippen molar-refractivity contribution in [2.45, 2.75) is 52.3 Å². The predicted octanol–water partition coefficient (Wildman–Crippen LogP) is 3.00. The first-order chi connectivity index (χ1) is 19.7. The Kier molecular flexibility index (Phi) is 8.72. The summed E-state index contributed by atoms with van der Waals surface area (Å²) in [7, 11) is 0. The van der Waals surface area contributed by atoms with Gasteiger partial charge in [-0.05, 0) is 36.6 Å². The van der Waals surface area contributed by atoms with E-state index in [-0.39, 0.29) is 50.0 Å². The molecule has 3 N–H and O–H groups in total. The first kappa shape index (κ1) is 31.1. The molecule has 2 aromatic rings. The maximum absolute atomic E-state index is 14.3. The predicted molar refractivity (Wildman–Crippen MR) is 144 cm³/mol. The summed E-state index contributed by atoms with van der Waals surface area (Å²) in [6.45, 7) is 0.844. The summed E-state index contributed by atoms with van der Waals surface area (Å²) in [6.07, 6.45) is -2.89. The molecule has 226 valence electrons. The molecule has 9 nitrogen and oxygen atoms in total. The average molecular weight is 592 g/mol. The first-order valence-electron chi connectivity index (χ1n) is 13.5. The van der Waals surface area contributed by atoms with Crippen molar-refractivity contribution in [3.8, 4) is 0 Å². The summed E-state index contributed by atoms with van der Waals surface area (Å²) in [4.78, 5) is 45.8. The fourth-order valence-corrected chi connectivity index (χ4v) is 5.63. The van der Waals surface area contributed by atoms with E-state index in [4.69, 9.17) is 5.73 Å². The molecule has 0 spiro atoms. The number of hydrogen-bond donors (Lipinski definition) is 2. The third-order valence-electron chi connectivity index (χ3n) is 8.18. The van der Waals surface area contributed by atoms with E-state index in [1.165, 1.54) is 37.1 Å². The maximum Gasteiger partial charge on any atom is 0.408 e. The number of benzene rings is 1. The van der Waals surface area contributed by atoms with E-state index < -0.39 is 59.6 Å². The van der Waals surface area contributed by atoms with Crippen molar-refractivity contribution >= 4 is 23.4 Å². The molecule has 1 aromatic heterocycles. The molecule has 2 aliphatic rings. The van der Waals surface area contributed by atoms with Crippen LogP contribution in [-0.4, -0.2) is 69.2 Å². The summed E-state index contributed by atoms with van der Waals surface area (Å²) >= 11 is 0. The van der Waals surface area contributed by atoms with Crippen LogP contribution in [0.5, 0.6) is 0 Å². The highest BCUT2D eigenvalue weighted by atomic mass is 19.4. The van der Waals surface area contributed by atoms with Gasteiger partial charge in [0.05, 0.1) is 23.7 Å². The van der Waals surface area contributed by atoms with E-state index in [1.54, 1.807) is 24.3 Å². The summed E-state index contributed by atoms with van der Waals surface area (Å²) in [5.41, 5.74) is 4.14. The number of fused-ring (bicyclic) bond motifs is 1. The summed E-state index contributed by atoms with van der Waals surface area (Å²) in [6, 6.07) is 9.31. The van der Waals surface area contributed by atoms with Gasteiger partial charge in [-0.25, -0.2) is 9.40 Å². The molecule has 0 radical (unpaired) electrons. The zero-order valence-electron chi connectivity index (χ0n) is 23.3. The van der Waals surface area contributed by atoms with Crippen LogP contribution >= 0.6 is 0 Å². The fraction of sp³-hybridized carbons (Fsp3) is 0.483. The molecule has 4 rings (SSSR count). The zero-order chi connectivity index (χ0) is 30.9. The van der Waals surface area contributed by atoms with Gasteiger partial charge in [0, 0.05) is 43.4 Å². The number of carbonyl (C=O) groups is 3. The Bertz CT molecular complexity index is 1380. The highest BCUT2D eigenvalue weighted by molar-refractivity contribution is 6.13. The number of likely N-dealkylation sites (tertiary alicyclic amines) is 1. The van der Waals surface area contributed by atoms with Crippen LogP contribution in [0.3, 0.4) is 0 Å². The lowest BCUT2D eigenvalue weighted by atomic mass is 9.71. The molecule has 1 fully saturated rings. The number of pyridine rings is 1. The third-order valence-corrected chi connectivity index (χ3v) is 8.18. The third kappa shape index (κ3) is 6.30. The van der Waals surface area contributed by atoms with Gasteiger partial charge < -0.3 is 15.7 Å². The fourth-order valence-electron chi connectivity index (χ4n) is 5.63. The maximum atomic E-state index is 14.3. The Morgan fingerprint density at radius 3 is 2.52 bits per heavy atom. The number of nitrogens with two attached hydrogens (primary N) is 1. The molecule has 2 aliphatic heterocycles. The number of piperidine rings is 1. The number of nitrogens with zero attached hydrogens (tertiary/aromatic N) is 4. The lowest BCUT2D eigenvalue weighted by Gasteiger charge is -2.42. The quantitative estimate of drug-likeness (QED) is 0.411. The minimum absolute atomic E-state index is 0.0518. The summed E-state index contributed by atoms with van der Waals surface area (Å²) in [5, 5.41) is 13.7.